The van der Waals surface area contributed by atoms with Crippen molar-refractivity contribution in [2.24, 2.45) is 0 Å². The van der Waals surface area contributed by atoms with Crippen LogP contribution in [0.15, 0.2) is 53.0 Å². The minimum Gasteiger partial charge on any atom is -0.490 e. The van der Waals surface area contributed by atoms with Crippen molar-refractivity contribution in [3.63, 3.8) is 0 Å². The molecule has 3 rings (SSSR count). The number of para-hydroxylation sites is 1. The SMILES string of the molecule is O=C(O)C(CC1Cc2ccccc2O1)c1cccc(Br)c1. The largest absolute Gasteiger partial charge is 0.490 e. The van der Waals surface area contributed by atoms with E-state index in [0.29, 0.717) is 6.42 Å². The van der Waals surface area contributed by atoms with Crippen molar-refractivity contribution in [2.75, 3.05) is 0 Å². The molecule has 0 fully saturated rings. The lowest BCUT2D eigenvalue weighted by Crippen LogP contribution is -2.22. The molecule has 0 radical (unpaired) electrons. The van der Waals surface area contributed by atoms with Gasteiger partial charge < -0.3 is 9.84 Å². The molecule has 0 saturated heterocycles. The van der Waals surface area contributed by atoms with E-state index >= 15 is 0 Å². The van der Waals surface area contributed by atoms with Crippen molar-refractivity contribution in [1.29, 1.82) is 0 Å². The summed E-state index contributed by atoms with van der Waals surface area (Å²) >= 11 is 3.39. The summed E-state index contributed by atoms with van der Waals surface area (Å²) in [6.45, 7) is 0. The third-order valence-corrected chi connectivity index (χ3v) is 4.25. The first-order valence-electron chi connectivity index (χ1n) is 6.86. The highest BCUT2D eigenvalue weighted by molar-refractivity contribution is 9.10. The number of halogens is 1. The molecule has 0 bridgehead atoms. The Kier molecular flexibility index (Phi) is 3.97. The number of rotatable bonds is 4. The third kappa shape index (κ3) is 3.10. The van der Waals surface area contributed by atoms with Gasteiger partial charge in [0.2, 0.25) is 0 Å². The summed E-state index contributed by atoms with van der Waals surface area (Å²) in [5, 5.41) is 9.52. The zero-order chi connectivity index (χ0) is 14.8. The van der Waals surface area contributed by atoms with Gasteiger partial charge in [0, 0.05) is 17.3 Å². The Morgan fingerprint density at radius 2 is 2.10 bits per heavy atom. The fraction of sp³-hybridized carbons (Fsp3) is 0.235. The lowest BCUT2D eigenvalue weighted by molar-refractivity contribution is -0.139. The lowest BCUT2D eigenvalue weighted by Gasteiger charge is -2.17. The Labute approximate surface area is 131 Å². The van der Waals surface area contributed by atoms with Gasteiger partial charge in [-0.1, -0.05) is 46.3 Å². The van der Waals surface area contributed by atoms with Crippen molar-refractivity contribution < 1.29 is 14.6 Å². The van der Waals surface area contributed by atoms with Crippen molar-refractivity contribution >= 4 is 21.9 Å². The van der Waals surface area contributed by atoms with E-state index in [9.17, 15) is 9.90 Å². The Morgan fingerprint density at radius 3 is 2.81 bits per heavy atom. The average molecular weight is 347 g/mol. The zero-order valence-corrected chi connectivity index (χ0v) is 12.9. The van der Waals surface area contributed by atoms with Gasteiger partial charge in [0.1, 0.15) is 11.9 Å². The Morgan fingerprint density at radius 1 is 1.29 bits per heavy atom. The van der Waals surface area contributed by atoms with Crippen molar-refractivity contribution in [3.8, 4) is 5.75 Å². The summed E-state index contributed by atoms with van der Waals surface area (Å²) in [5.74, 6) is -0.490. The van der Waals surface area contributed by atoms with Crippen LogP contribution in [0.2, 0.25) is 0 Å². The van der Waals surface area contributed by atoms with Crippen LogP contribution in [0.1, 0.15) is 23.5 Å². The topological polar surface area (TPSA) is 46.5 Å². The maximum absolute atomic E-state index is 11.6. The number of aliphatic carboxylic acids is 1. The number of carbonyl (C=O) groups is 1. The molecular weight excluding hydrogens is 332 g/mol. The van der Waals surface area contributed by atoms with Crippen LogP contribution >= 0.6 is 15.9 Å². The fourth-order valence-electron chi connectivity index (χ4n) is 2.75. The first kappa shape index (κ1) is 14.1. The summed E-state index contributed by atoms with van der Waals surface area (Å²) in [4.78, 5) is 11.6. The van der Waals surface area contributed by atoms with E-state index < -0.39 is 11.9 Å². The molecule has 21 heavy (non-hydrogen) atoms. The molecule has 0 saturated carbocycles. The number of benzene rings is 2. The van der Waals surface area contributed by atoms with Gasteiger partial charge >= 0.3 is 5.97 Å². The number of ether oxygens (including phenoxy) is 1. The van der Waals surface area contributed by atoms with Crippen LogP contribution in [-0.4, -0.2) is 17.2 Å². The van der Waals surface area contributed by atoms with Gasteiger partial charge in [-0.2, -0.15) is 0 Å². The highest BCUT2D eigenvalue weighted by Gasteiger charge is 2.29. The van der Waals surface area contributed by atoms with Gasteiger partial charge in [-0.3, -0.25) is 4.79 Å². The molecule has 108 valence electrons. The van der Waals surface area contributed by atoms with Gasteiger partial charge in [-0.15, -0.1) is 0 Å². The van der Waals surface area contributed by atoms with Gasteiger partial charge in [-0.25, -0.2) is 0 Å². The van der Waals surface area contributed by atoms with Gasteiger partial charge in [-0.05, 0) is 29.3 Å². The van der Waals surface area contributed by atoms with Crippen molar-refractivity contribution in [1.82, 2.24) is 0 Å². The molecule has 1 aliphatic heterocycles. The Hall–Kier alpha value is -1.81. The van der Waals surface area contributed by atoms with Crippen LogP contribution < -0.4 is 4.74 Å². The summed E-state index contributed by atoms with van der Waals surface area (Å²) in [6, 6.07) is 15.3. The predicted molar refractivity (Wildman–Crippen MR) is 83.7 cm³/mol. The van der Waals surface area contributed by atoms with Crippen LogP contribution in [0.4, 0.5) is 0 Å². The number of fused-ring (bicyclic) bond motifs is 1. The summed E-state index contributed by atoms with van der Waals surface area (Å²) in [7, 11) is 0. The third-order valence-electron chi connectivity index (χ3n) is 3.76. The molecule has 1 heterocycles. The molecule has 1 aliphatic rings. The highest BCUT2D eigenvalue weighted by Crippen LogP contribution is 2.33. The van der Waals surface area contributed by atoms with E-state index in [0.717, 1.165) is 27.8 Å². The lowest BCUT2D eigenvalue weighted by atomic mass is 9.92. The van der Waals surface area contributed by atoms with E-state index in [1.807, 2.05) is 48.5 Å². The van der Waals surface area contributed by atoms with E-state index in [2.05, 4.69) is 15.9 Å². The van der Waals surface area contributed by atoms with Crippen LogP contribution in [0.25, 0.3) is 0 Å². The molecule has 3 nitrogen and oxygen atoms in total. The Balaban J connectivity index is 1.77. The van der Waals surface area contributed by atoms with Crippen LogP contribution in [0.5, 0.6) is 5.75 Å². The zero-order valence-electron chi connectivity index (χ0n) is 11.3. The van der Waals surface area contributed by atoms with E-state index in [1.165, 1.54) is 0 Å². The van der Waals surface area contributed by atoms with Gasteiger partial charge in [0.25, 0.3) is 0 Å². The second kappa shape index (κ2) is 5.90. The van der Waals surface area contributed by atoms with E-state index in [1.54, 1.807) is 0 Å². The molecule has 0 aromatic heterocycles. The van der Waals surface area contributed by atoms with E-state index in [-0.39, 0.29) is 6.10 Å². The average Bonchev–Trinajstić information content (AvgIpc) is 2.87. The van der Waals surface area contributed by atoms with Crippen LogP contribution in [0.3, 0.4) is 0 Å². The number of hydrogen-bond donors (Lipinski definition) is 1. The smallest absolute Gasteiger partial charge is 0.311 e. The van der Waals surface area contributed by atoms with Gasteiger partial charge in [0.15, 0.2) is 0 Å². The maximum Gasteiger partial charge on any atom is 0.311 e. The second-order valence-electron chi connectivity index (χ2n) is 5.23. The van der Waals surface area contributed by atoms with Crippen molar-refractivity contribution in [3.05, 3.63) is 64.1 Å². The second-order valence-corrected chi connectivity index (χ2v) is 6.15. The quantitative estimate of drug-likeness (QED) is 0.909. The predicted octanol–water partition coefficient (Wildman–Crippen LogP) is 4.01. The highest BCUT2D eigenvalue weighted by atomic mass is 79.9. The number of hydrogen-bond acceptors (Lipinski definition) is 2. The normalized spacial score (nSPS) is 17.9. The standard InChI is InChI=1S/C17H15BrO3/c18-13-6-3-5-11(8-13)15(17(19)20)10-14-9-12-4-1-2-7-16(12)21-14/h1-8,14-15H,9-10H2,(H,19,20). The molecule has 1 N–H and O–H groups in total. The van der Waals surface area contributed by atoms with Crippen LogP contribution in [-0.2, 0) is 11.2 Å². The monoisotopic (exact) mass is 346 g/mol. The number of carboxylic acid groups (broad SMARTS) is 1. The fourth-order valence-corrected chi connectivity index (χ4v) is 3.17. The first-order valence-corrected chi connectivity index (χ1v) is 7.65. The number of carboxylic acids is 1. The minimum absolute atomic E-state index is 0.0810. The summed E-state index contributed by atoms with van der Waals surface area (Å²) in [6.07, 6.45) is 1.16. The summed E-state index contributed by atoms with van der Waals surface area (Å²) < 4.78 is 6.75. The maximum atomic E-state index is 11.6. The molecular formula is C17H15BrO3. The molecule has 4 heteroatoms. The van der Waals surface area contributed by atoms with E-state index in [4.69, 9.17) is 4.74 Å². The molecule has 2 atom stereocenters. The Bertz CT molecular complexity index is 644. The molecule has 0 spiro atoms. The molecule has 2 aromatic carbocycles. The molecule has 2 unspecified atom stereocenters. The van der Waals surface area contributed by atoms with Crippen LogP contribution in [0, 0.1) is 0 Å². The molecule has 0 aliphatic carbocycles. The molecule has 0 amide bonds. The van der Waals surface area contributed by atoms with Crippen molar-refractivity contribution in [2.45, 2.75) is 24.9 Å². The summed E-state index contributed by atoms with van der Waals surface area (Å²) in [5.41, 5.74) is 1.96. The first-order chi connectivity index (χ1) is 10.1. The minimum atomic E-state index is -0.812. The molecule has 2 aromatic rings. The van der Waals surface area contributed by atoms with Gasteiger partial charge in [0.05, 0.1) is 5.92 Å².